The molecule has 15 heavy (non-hydrogen) atoms. The van der Waals surface area contributed by atoms with Crippen LogP contribution in [0.3, 0.4) is 0 Å². The van der Waals surface area contributed by atoms with Crippen LogP contribution in [-0.2, 0) is 0 Å². The zero-order valence-electron chi connectivity index (χ0n) is 8.83. The molecule has 3 heteroatoms. The fraction of sp³-hybridized carbons (Fsp3) is 0.417. The number of rotatable bonds is 5. The van der Waals surface area contributed by atoms with Crippen molar-refractivity contribution in [1.29, 1.82) is 0 Å². The van der Waals surface area contributed by atoms with E-state index >= 15 is 0 Å². The Hall–Kier alpha value is -1.04. The van der Waals surface area contributed by atoms with Crippen LogP contribution in [0.1, 0.15) is 31.5 Å². The lowest BCUT2D eigenvalue weighted by atomic mass is 10.1. The van der Waals surface area contributed by atoms with Crippen LogP contribution in [0.25, 0.3) is 0 Å². The molecule has 0 aliphatic rings. The predicted octanol–water partition coefficient (Wildman–Crippen LogP) is 2.80. The Morgan fingerprint density at radius 3 is 2.93 bits per heavy atom. The summed E-state index contributed by atoms with van der Waals surface area (Å²) in [6.45, 7) is 2.97. The monoisotopic (exact) mass is 222 g/mol. The molecule has 1 heterocycles. The van der Waals surface area contributed by atoms with Crippen molar-refractivity contribution in [2.75, 3.05) is 6.54 Å². The molecule has 0 amide bonds. The molecule has 1 N–H and O–H groups in total. The summed E-state index contributed by atoms with van der Waals surface area (Å²) >= 11 is 5.78. The molecular formula is C12H15ClN2. The third-order valence-electron chi connectivity index (χ3n) is 2.14. The van der Waals surface area contributed by atoms with Gasteiger partial charge in [0.2, 0.25) is 0 Å². The minimum Gasteiger partial charge on any atom is -0.309 e. The average Bonchev–Trinajstić information content (AvgIpc) is 2.25. The number of halogens is 1. The van der Waals surface area contributed by atoms with Crippen molar-refractivity contribution in [3.8, 4) is 12.3 Å². The third-order valence-corrected chi connectivity index (χ3v) is 2.36. The van der Waals surface area contributed by atoms with Gasteiger partial charge in [-0.15, -0.1) is 12.3 Å². The normalized spacial score (nSPS) is 12.1. The Bertz CT molecular complexity index is 326. The van der Waals surface area contributed by atoms with E-state index in [0.29, 0.717) is 5.02 Å². The van der Waals surface area contributed by atoms with Crippen LogP contribution < -0.4 is 5.32 Å². The highest BCUT2D eigenvalue weighted by atomic mass is 35.5. The van der Waals surface area contributed by atoms with E-state index in [-0.39, 0.29) is 6.04 Å². The van der Waals surface area contributed by atoms with Gasteiger partial charge in [0.1, 0.15) is 0 Å². The minimum absolute atomic E-state index is 0.225. The zero-order chi connectivity index (χ0) is 11.1. The summed E-state index contributed by atoms with van der Waals surface area (Å²) < 4.78 is 0. The number of aromatic nitrogens is 1. The Labute approximate surface area is 96.1 Å². The second-order valence-corrected chi connectivity index (χ2v) is 3.69. The van der Waals surface area contributed by atoms with E-state index in [9.17, 15) is 0 Å². The van der Waals surface area contributed by atoms with E-state index in [4.69, 9.17) is 18.0 Å². The van der Waals surface area contributed by atoms with Crippen molar-refractivity contribution in [1.82, 2.24) is 10.3 Å². The number of nitrogens with one attached hydrogen (secondary N) is 1. The second kappa shape index (κ2) is 6.44. The number of nitrogens with zero attached hydrogens (tertiary/aromatic N) is 1. The zero-order valence-corrected chi connectivity index (χ0v) is 9.59. The van der Waals surface area contributed by atoms with E-state index in [1.165, 1.54) is 0 Å². The summed E-state index contributed by atoms with van der Waals surface area (Å²) in [5.41, 5.74) is 0.997. The van der Waals surface area contributed by atoms with Crippen molar-refractivity contribution < 1.29 is 0 Å². The second-order valence-electron chi connectivity index (χ2n) is 3.25. The van der Waals surface area contributed by atoms with Gasteiger partial charge < -0.3 is 5.32 Å². The molecule has 0 saturated carbocycles. The first kappa shape index (κ1) is 12.0. The quantitative estimate of drug-likeness (QED) is 0.775. The molecule has 0 spiro atoms. The maximum Gasteiger partial charge on any atom is 0.0589 e. The van der Waals surface area contributed by atoms with Gasteiger partial charge in [0.15, 0.2) is 0 Å². The van der Waals surface area contributed by atoms with Crippen molar-refractivity contribution in [2.45, 2.75) is 25.8 Å². The van der Waals surface area contributed by atoms with E-state index in [2.05, 4.69) is 23.1 Å². The Balaban J connectivity index is 2.70. The Morgan fingerprint density at radius 1 is 1.60 bits per heavy atom. The molecule has 0 aromatic carbocycles. The van der Waals surface area contributed by atoms with Crippen LogP contribution in [0.15, 0.2) is 18.3 Å². The molecule has 2 nitrogen and oxygen atoms in total. The Kier molecular flexibility index (Phi) is 5.17. The van der Waals surface area contributed by atoms with Crippen molar-refractivity contribution >= 4 is 11.6 Å². The standard InChI is InChI=1S/C12H15ClN2/c1-3-5-6-11(14-4-2)12-8-7-10(13)9-15-12/h1,7-9,11,14H,4-6H2,2H3. The lowest BCUT2D eigenvalue weighted by Crippen LogP contribution is -2.21. The molecule has 1 aromatic heterocycles. The van der Waals surface area contributed by atoms with Gasteiger partial charge in [0.05, 0.1) is 16.8 Å². The van der Waals surface area contributed by atoms with E-state index < -0.39 is 0 Å². The van der Waals surface area contributed by atoms with E-state index in [1.54, 1.807) is 6.20 Å². The number of hydrogen-bond donors (Lipinski definition) is 1. The van der Waals surface area contributed by atoms with Gasteiger partial charge in [0.25, 0.3) is 0 Å². The number of terminal acetylenes is 1. The highest BCUT2D eigenvalue weighted by molar-refractivity contribution is 6.30. The fourth-order valence-corrected chi connectivity index (χ4v) is 1.53. The van der Waals surface area contributed by atoms with Gasteiger partial charge in [-0.1, -0.05) is 18.5 Å². The van der Waals surface area contributed by atoms with Crippen LogP contribution in [0.2, 0.25) is 5.02 Å². The molecule has 1 aromatic rings. The largest absolute Gasteiger partial charge is 0.309 e. The number of hydrogen-bond acceptors (Lipinski definition) is 2. The predicted molar refractivity (Wildman–Crippen MR) is 63.7 cm³/mol. The molecule has 0 radical (unpaired) electrons. The first-order chi connectivity index (χ1) is 7.27. The van der Waals surface area contributed by atoms with Gasteiger partial charge in [0, 0.05) is 12.6 Å². The van der Waals surface area contributed by atoms with Crippen LogP contribution >= 0.6 is 11.6 Å². The topological polar surface area (TPSA) is 24.9 Å². The van der Waals surface area contributed by atoms with Crippen LogP contribution in [0.4, 0.5) is 0 Å². The maximum absolute atomic E-state index is 5.78. The Morgan fingerprint density at radius 2 is 2.40 bits per heavy atom. The van der Waals surface area contributed by atoms with Crippen LogP contribution in [-0.4, -0.2) is 11.5 Å². The molecule has 1 atom stereocenters. The molecular weight excluding hydrogens is 208 g/mol. The average molecular weight is 223 g/mol. The summed E-state index contributed by atoms with van der Waals surface area (Å²) in [7, 11) is 0. The van der Waals surface area contributed by atoms with Gasteiger partial charge >= 0.3 is 0 Å². The molecule has 1 unspecified atom stereocenters. The van der Waals surface area contributed by atoms with Crippen molar-refractivity contribution in [3.63, 3.8) is 0 Å². The lowest BCUT2D eigenvalue weighted by molar-refractivity contribution is 0.511. The first-order valence-electron chi connectivity index (χ1n) is 5.06. The molecule has 0 fully saturated rings. The summed E-state index contributed by atoms with van der Waals surface area (Å²) in [6, 6.07) is 4.01. The van der Waals surface area contributed by atoms with Crippen LogP contribution in [0.5, 0.6) is 0 Å². The summed E-state index contributed by atoms with van der Waals surface area (Å²) in [5, 5.41) is 4.01. The summed E-state index contributed by atoms with van der Waals surface area (Å²) in [5.74, 6) is 2.64. The summed E-state index contributed by atoms with van der Waals surface area (Å²) in [4.78, 5) is 4.29. The van der Waals surface area contributed by atoms with Gasteiger partial charge in [-0.3, -0.25) is 4.98 Å². The molecule has 80 valence electrons. The van der Waals surface area contributed by atoms with Crippen LogP contribution in [0, 0.1) is 12.3 Å². The molecule has 0 saturated heterocycles. The number of pyridine rings is 1. The highest BCUT2D eigenvalue weighted by Gasteiger charge is 2.10. The van der Waals surface area contributed by atoms with Gasteiger partial charge in [-0.2, -0.15) is 0 Å². The smallest absolute Gasteiger partial charge is 0.0589 e. The third kappa shape index (κ3) is 3.91. The lowest BCUT2D eigenvalue weighted by Gasteiger charge is -2.15. The SMILES string of the molecule is C#CCCC(NCC)c1ccc(Cl)cn1. The molecule has 0 aliphatic heterocycles. The maximum atomic E-state index is 5.78. The molecule has 0 aliphatic carbocycles. The van der Waals surface area contributed by atoms with Crippen molar-refractivity contribution in [3.05, 3.63) is 29.0 Å². The van der Waals surface area contributed by atoms with Gasteiger partial charge in [-0.25, -0.2) is 0 Å². The van der Waals surface area contributed by atoms with E-state index in [1.807, 2.05) is 12.1 Å². The van der Waals surface area contributed by atoms with E-state index in [0.717, 1.165) is 25.1 Å². The fourth-order valence-electron chi connectivity index (χ4n) is 1.42. The van der Waals surface area contributed by atoms with Crippen molar-refractivity contribution in [2.24, 2.45) is 0 Å². The first-order valence-corrected chi connectivity index (χ1v) is 5.44. The summed E-state index contributed by atoms with van der Waals surface area (Å²) in [6.07, 6.45) is 8.57. The minimum atomic E-state index is 0.225. The molecule has 0 bridgehead atoms. The molecule has 1 rings (SSSR count). The van der Waals surface area contributed by atoms with Gasteiger partial charge in [-0.05, 0) is 25.1 Å². The highest BCUT2D eigenvalue weighted by Crippen LogP contribution is 2.17.